The molecule has 1 aliphatic rings. The van der Waals surface area contributed by atoms with Gasteiger partial charge in [-0.15, -0.1) is 0 Å². The number of anilines is 1. The minimum Gasteiger partial charge on any atom is -0.315 e. The van der Waals surface area contributed by atoms with E-state index in [1.54, 1.807) is 10.7 Å². The van der Waals surface area contributed by atoms with Gasteiger partial charge in [0.15, 0.2) is 5.69 Å². The number of nitrogens with one attached hydrogen (secondary N) is 2. The minimum atomic E-state index is -0.201. The predicted molar refractivity (Wildman–Crippen MR) is 97.7 cm³/mol. The third kappa shape index (κ3) is 4.48. The van der Waals surface area contributed by atoms with Gasteiger partial charge in [0.05, 0.1) is 11.7 Å². The number of carbonyl (C=O) groups is 1. The summed E-state index contributed by atoms with van der Waals surface area (Å²) < 4.78 is 3.61. The van der Waals surface area contributed by atoms with Crippen molar-refractivity contribution in [1.29, 1.82) is 0 Å². The molecular weight excluding hydrogens is 316 g/mol. The number of aryl methyl sites for hydroxylation is 1. The summed E-state index contributed by atoms with van der Waals surface area (Å²) in [6.45, 7) is 8.48. The van der Waals surface area contributed by atoms with Crippen LogP contribution < -0.4 is 10.6 Å². The summed E-state index contributed by atoms with van der Waals surface area (Å²) in [5.74, 6) is 0.492. The number of hydrogen-bond donors (Lipinski definition) is 2. The fourth-order valence-electron chi connectivity index (χ4n) is 3.18. The predicted octanol–water partition coefficient (Wildman–Crippen LogP) is 2.38. The van der Waals surface area contributed by atoms with Gasteiger partial charge in [0, 0.05) is 25.9 Å². The van der Waals surface area contributed by atoms with Crippen molar-refractivity contribution < 1.29 is 4.79 Å². The molecule has 1 aliphatic heterocycles. The summed E-state index contributed by atoms with van der Waals surface area (Å²) in [6, 6.07) is 4.03. The van der Waals surface area contributed by atoms with Crippen LogP contribution in [0.4, 0.5) is 5.82 Å². The molecule has 25 heavy (non-hydrogen) atoms. The number of piperidine rings is 1. The molecular formula is C18H28N6O. The molecule has 0 radical (unpaired) electrons. The first-order valence-electron chi connectivity index (χ1n) is 8.92. The Morgan fingerprint density at radius 1 is 1.40 bits per heavy atom. The fraction of sp³-hybridized carbons (Fsp3) is 0.611. The molecule has 0 spiro atoms. The topological polar surface area (TPSA) is 76.8 Å². The normalized spacial score (nSPS) is 18.3. The Morgan fingerprint density at radius 2 is 2.20 bits per heavy atom. The quantitative estimate of drug-likeness (QED) is 0.893. The van der Waals surface area contributed by atoms with E-state index in [4.69, 9.17) is 0 Å². The summed E-state index contributed by atoms with van der Waals surface area (Å²) in [5.41, 5.74) is 1.57. The van der Waals surface area contributed by atoms with Crippen LogP contribution in [0.25, 0.3) is 0 Å². The van der Waals surface area contributed by atoms with E-state index in [0.717, 1.165) is 38.0 Å². The van der Waals surface area contributed by atoms with E-state index >= 15 is 0 Å². The SMILES string of the molecule is Cn1nc(CC(C)(C)C)cc1NC(=O)c1ccn(C2CCCNC2)n1. The van der Waals surface area contributed by atoms with Gasteiger partial charge in [0.2, 0.25) is 0 Å². The van der Waals surface area contributed by atoms with Crippen molar-refractivity contribution in [2.24, 2.45) is 12.5 Å². The Labute approximate surface area is 148 Å². The molecule has 7 heteroatoms. The molecule has 2 aromatic heterocycles. The van der Waals surface area contributed by atoms with Crippen molar-refractivity contribution in [3.8, 4) is 0 Å². The largest absolute Gasteiger partial charge is 0.315 e. The molecule has 1 saturated heterocycles. The molecule has 1 amide bonds. The molecule has 136 valence electrons. The van der Waals surface area contributed by atoms with Crippen molar-refractivity contribution in [2.75, 3.05) is 18.4 Å². The average Bonchev–Trinajstić information content (AvgIpc) is 3.14. The third-order valence-corrected chi connectivity index (χ3v) is 4.37. The van der Waals surface area contributed by atoms with E-state index in [1.165, 1.54) is 0 Å². The standard InChI is InChI=1S/C18H28N6O/c1-18(2,3)11-13-10-16(23(4)21-13)20-17(25)15-7-9-24(22-15)14-6-5-8-19-12-14/h7,9-10,14,19H,5-6,8,11-12H2,1-4H3,(H,20,25). The Hall–Kier alpha value is -2.15. The molecule has 0 aliphatic carbocycles. The number of hydrogen-bond acceptors (Lipinski definition) is 4. The van der Waals surface area contributed by atoms with Gasteiger partial charge in [-0.05, 0) is 37.3 Å². The maximum atomic E-state index is 12.5. The van der Waals surface area contributed by atoms with Gasteiger partial charge in [0.1, 0.15) is 5.82 Å². The van der Waals surface area contributed by atoms with E-state index in [9.17, 15) is 4.79 Å². The van der Waals surface area contributed by atoms with Crippen molar-refractivity contribution in [1.82, 2.24) is 24.9 Å². The Kier molecular flexibility index (Phi) is 4.94. The lowest BCUT2D eigenvalue weighted by molar-refractivity contribution is 0.102. The first kappa shape index (κ1) is 17.7. The van der Waals surface area contributed by atoms with Crippen molar-refractivity contribution in [2.45, 2.75) is 46.1 Å². The van der Waals surface area contributed by atoms with Crippen LogP contribution in [0.2, 0.25) is 0 Å². The smallest absolute Gasteiger partial charge is 0.277 e. The van der Waals surface area contributed by atoms with Crippen LogP contribution in [0.5, 0.6) is 0 Å². The zero-order valence-corrected chi connectivity index (χ0v) is 15.5. The van der Waals surface area contributed by atoms with Gasteiger partial charge in [-0.2, -0.15) is 10.2 Å². The summed E-state index contributed by atoms with van der Waals surface area (Å²) in [5, 5.41) is 15.2. The maximum Gasteiger partial charge on any atom is 0.277 e. The lowest BCUT2D eigenvalue weighted by Gasteiger charge is -2.22. The van der Waals surface area contributed by atoms with Crippen LogP contribution in [0.15, 0.2) is 18.3 Å². The van der Waals surface area contributed by atoms with E-state index in [-0.39, 0.29) is 11.3 Å². The van der Waals surface area contributed by atoms with Crippen LogP contribution in [0.3, 0.4) is 0 Å². The first-order chi connectivity index (χ1) is 11.8. The molecule has 3 rings (SSSR count). The summed E-state index contributed by atoms with van der Waals surface area (Å²) in [4.78, 5) is 12.5. The zero-order chi connectivity index (χ0) is 18.0. The molecule has 2 N–H and O–H groups in total. The lowest BCUT2D eigenvalue weighted by atomic mass is 9.91. The fourth-order valence-corrected chi connectivity index (χ4v) is 3.18. The van der Waals surface area contributed by atoms with Gasteiger partial charge in [-0.25, -0.2) is 0 Å². The number of rotatable bonds is 4. The molecule has 0 bridgehead atoms. The minimum absolute atomic E-state index is 0.155. The van der Waals surface area contributed by atoms with Gasteiger partial charge >= 0.3 is 0 Å². The zero-order valence-electron chi connectivity index (χ0n) is 15.5. The highest BCUT2D eigenvalue weighted by atomic mass is 16.2. The second kappa shape index (κ2) is 7.00. The molecule has 3 heterocycles. The van der Waals surface area contributed by atoms with Crippen molar-refractivity contribution in [3.63, 3.8) is 0 Å². The van der Waals surface area contributed by atoms with Crippen LogP contribution in [0, 0.1) is 5.41 Å². The summed E-state index contributed by atoms with van der Waals surface area (Å²) in [7, 11) is 1.84. The van der Waals surface area contributed by atoms with Crippen LogP contribution in [-0.2, 0) is 13.5 Å². The highest BCUT2D eigenvalue weighted by molar-refractivity contribution is 6.02. The number of nitrogens with zero attached hydrogens (tertiary/aromatic N) is 4. The lowest BCUT2D eigenvalue weighted by Crippen LogP contribution is -2.32. The second-order valence-corrected chi connectivity index (χ2v) is 8.02. The Balaban J connectivity index is 1.67. The van der Waals surface area contributed by atoms with Gasteiger partial charge in [-0.1, -0.05) is 20.8 Å². The van der Waals surface area contributed by atoms with E-state index in [0.29, 0.717) is 17.6 Å². The molecule has 0 aromatic carbocycles. The molecule has 1 fully saturated rings. The number of carbonyl (C=O) groups excluding carboxylic acids is 1. The first-order valence-corrected chi connectivity index (χ1v) is 8.92. The highest BCUT2D eigenvalue weighted by Gasteiger charge is 2.19. The number of amides is 1. The van der Waals surface area contributed by atoms with Gasteiger partial charge < -0.3 is 10.6 Å². The maximum absolute atomic E-state index is 12.5. The number of aromatic nitrogens is 4. The Morgan fingerprint density at radius 3 is 2.88 bits per heavy atom. The van der Waals surface area contributed by atoms with Gasteiger partial charge in [-0.3, -0.25) is 14.2 Å². The van der Waals surface area contributed by atoms with Crippen LogP contribution >= 0.6 is 0 Å². The molecule has 0 saturated carbocycles. The van der Waals surface area contributed by atoms with Gasteiger partial charge in [0.25, 0.3) is 5.91 Å². The highest BCUT2D eigenvalue weighted by Crippen LogP contribution is 2.22. The average molecular weight is 344 g/mol. The van der Waals surface area contributed by atoms with E-state index in [1.807, 2.05) is 24.0 Å². The van der Waals surface area contributed by atoms with Crippen molar-refractivity contribution >= 4 is 11.7 Å². The second-order valence-electron chi connectivity index (χ2n) is 8.02. The summed E-state index contributed by atoms with van der Waals surface area (Å²) in [6.07, 6.45) is 4.98. The van der Waals surface area contributed by atoms with Crippen LogP contribution in [0.1, 0.15) is 55.8 Å². The summed E-state index contributed by atoms with van der Waals surface area (Å²) >= 11 is 0. The molecule has 1 atom stereocenters. The molecule has 2 aromatic rings. The third-order valence-electron chi connectivity index (χ3n) is 4.37. The van der Waals surface area contributed by atoms with E-state index < -0.39 is 0 Å². The van der Waals surface area contributed by atoms with E-state index in [2.05, 4.69) is 41.6 Å². The Bertz CT molecular complexity index is 733. The van der Waals surface area contributed by atoms with Crippen molar-refractivity contribution in [3.05, 3.63) is 29.7 Å². The monoisotopic (exact) mass is 344 g/mol. The van der Waals surface area contributed by atoms with Crippen LogP contribution in [-0.4, -0.2) is 38.6 Å². The molecule has 7 nitrogen and oxygen atoms in total. The molecule has 1 unspecified atom stereocenters.